The minimum atomic E-state index is -0.884. The van der Waals surface area contributed by atoms with E-state index in [-0.39, 0.29) is 24.3 Å². The normalized spacial score (nSPS) is 18.0. The van der Waals surface area contributed by atoms with Crippen LogP contribution in [0.3, 0.4) is 0 Å². The SMILES string of the molecule is O=C(O)CCCNC(=O)N1CCOCC1c1ccc(F)cc1. The number of amides is 2. The van der Waals surface area contributed by atoms with Gasteiger partial charge in [-0.2, -0.15) is 0 Å². The monoisotopic (exact) mass is 310 g/mol. The third-order valence-corrected chi connectivity index (χ3v) is 3.49. The van der Waals surface area contributed by atoms with Gasteiger partial charge in [0.25, 0.3) is 0 Å². The van der Waals surface area contributed by atoms with E-state index < -0.39 is 5.97 Å². The first-order valence-corrected chi connectivity index (χ1v) is 7.17. The second kappa shape index (κ2) is 7.74. The standard InChI is InChI=1S/C15H19FN2O4/c16-12-5-3-11(4-6-12)13-10-22-9-8-18(13)15(21)17-7-1-2-14(19)20/h3-6,13H,1-2,7-10H2,(H,17,21)(H,19,20). The minimum Gasteiger partial charge on any atom is -0.481 e. The van der Waals surface area contributed by atoms with Crippen molar-refractivity contribution in [3.8, 4) is 0 Å². The molecule has 0 saturated carbocycles. The fraction of sp³-hybridized carbons (Fsp3) is 0.467. The summed E-state index contributed by atoms with van der Waals surface area (Å²) in [5.41, 5.74) is 0.807. The van der Waals surface area contributed by atoms with Crippen LogP contribution in [-0.4, -0.2) is 48.3 Å². The number of carbonyl (C=O) groups is 2. The molecule has 1 unspecified atom stereocenters. The van der Waals surface area contributed by atoms with Crippen molar-refractivity contribution in [2.45, 2.75) is 18.9 Å². The molecule has 2 N–H and O–H groups in total. The lowest BCUT2D eigenvalue weighted by Crippen LogP contribution is -2.48. The Bertz CT molecular complexity index is 521. The second-order valence-electron chi connectivity index (χ2n) is 5.06. The zero-order valence-corrected chi connectivity index (χ0v) is 12.1. The first-order chi connectivity index (χ1) is 10.6. The van der Waals surface area contributed by atoms with Crippen molar-refractivity contribution in [1.29, 1.82) is 0 Å². The average Bonchev–Trinajstić information content (AvgIpc) is 2.52. The van der Waals surface area contributed by atoms with Gasteiger partial charge >= 0.3 is 12.0 Å². The average molecular weight is 310 g/mol. The molecule has 0 bridgehead atoms. The fourth-order valence-corrected chi connectivity index (χ4v) is 2.34. The number of carbonyl (C=O) groups excluding carboxylic acids is 1. The van der Waals surface area contributed by atoms with Crippen molar-refractivity contribution in [2.24, 2.45) is 0 Å². The minimum absolute atomic E-state index is 0.0186. The number of nitrogens with zero attached hydrogens (tertiary/aromatic N) is 1. The quantitative estimate of drug-likeness (QED) is 0.813. The van der Waals surface area contributed by atoms with E-state index in [9.17, 15) is 14.0 Å². The molecule has 0 aliphatic carbocycles. The van der Waals surface area contributed by atoms with Crippen LogP contribution >= 0.6 is 0 Å². The summed E-state index contributed by atoms with van der Waals surface area (Å²) in [4.78, 5) is 24.3. The molecule has 1 saturated heterocycles. The Morgan fingerprint density at radius 1 is 1.36 bits per heavy atom. The van der Waals surface area contributed by atoms with Crippen LogP contribution in [0.4, 0.5) is 9.18 Å². The molecule has 2 rings (SSSR count). The maximum atomic E-state index is 13.0. The third kappa shape index (κ3) is 4.42. The molecule has 22 heavy (non-hydrogen) atoms. The Kier molecular flexibility index (Phi) is 5.71. The van der Waals surface area contributed by atoms with Gasteiger partial charge in [-0.1, -0.05) is 12.1 Å². The molecule has 2 amide bonds. The van der Waals surface area contributed by atoms with Gasteiger partial charge in [0.15, 0.2) is 0 Å². The molecule has 1 aliphatic rings. The van der Waals surface area contributed by atoms with Crippen molar-refractivity contribution in [1.82, 2.24) is 10.2 Å². The zero-order chi connectivity index (χ0) is 15.9. The Balaban J connectivity index is 1.95. The number of rotatable bonds is 5. The predicted molar refractivity (Wildman–Crippen MR) is 76.9 cm³/mol. The van der Waals surface area contributed by atoms with Gasteiger partial charge in [-0.3, -0.25) is 4.79 Å². The number of urea groups is 1. The molecule has 1 heterocycles. The van der Waals surface area contributed by atoms with Crippen LogP contribution in [0.25, 0.3) is 0 Å². The first kappa shape index (κ1) is 16.2. The van der Waals surface area contributed by atoms with Crippen LogP contribution < -0.4 is 5.32 Å². The van der Waals surface area contributed by atoms with Gasteiger partial charge < -0.3 is 20.1 Å². The molecule has 7 heteroatoms. The fourth-order valence-electron chi connectivity index (χ4n) is 2.34. The number of morpholine rings is 1. The molecule has 1 atom stereocenters. The van der Waals surface area contributed by atoms with E-state index in [0.717, 1.165) is 5.56 Å². The third-order valence-electron chi connectivity index (χ3n) is 3.49. The Morgan fingerprint density at radius 2 is 2.09 bits per heavy atom. The van der Waals surface area contributed by atoms with Crippen LogP contribution in [0.15, 0.2) is 24.3 Å². The summed E-state index contributed by atoms with van der Waals surface area (Å²) in [7, 11) is 0. The summed E-state index contributed by atoms with van der Waals surface area (Å²) in [6.07, 6.45) is 0.400. The highest BCUT2D eigenvalue weighted by Crippen LogP contribution is 2.24. The van der Waals surface area contributed by atoms with Gasteiger partial charge in [0.1, 0.15) is 5.82 Å². The summed E-state index contributed by atoms with van der Waals surface area (Å²) in [5.74, 6) is -1.21. The van der Waals surface area contributed by atoms with Crippen molar-refractivity contribution >= 4 is 12.0 Å². The highest BCUT2D eigenvalue weighted by atomic mass is 19.1. The van der Waals surface area contributed by atoms with Gasteiger partial charge in [0.2, 0.25) is 0 Å². The van der Waals surface area contributed by atoms with Crippen LogP contribution in [0.1, 0.15) is 24.4 Å². The van der Waals surface area contributed by atoms with E-state index in [4.69, 9.17) is 9.84 Å². The first-order valence-electron chi connectivity index (χ1n) is 7.17. The molecule has 120 valence electrons. The maximum absolute atomic E-state index is 13.0. The van der Waals surface area contributed by atoms with Crippen molar-refractivity contribution in [3.05, 3.63) is 35.6 Å². The number of ether oxygens (including phenoxy) is 1. The molecule has 0 spiro atoms. The number of nitrogens with one attached hydrogen (secondary N) is 1. The van der Waals surface area contributed by atoms with E-state index in [1.807, 2.05) is 0 Å². The molecule has 0 radical (unpaired) electrons. The largest absolute Gasteiger partial charge is 0.481 e. The lowest BCUT2D eigenvalue weighted by atomic mass is 10.1. The van der Waals surface area contributed by atoms with Crippen LogP contribution in [-0.2, 0) is 9.53 Å². The van der Waals surface area contributed by atoms with Crippen LogP contribution in [0.5, 0.6) is 0 Å². The Labute approximate surface area is 127 Å². The Hall–Kier alpha value is -2.15. The molecular formula is C15H19FN2O4. The number of benzene rings is 1. The van der Waals surface area contributed by atoms with Crippen molar-refractivity contribution in [2.75, 3.05) is 26.3 Å². The zero-order valence-electron chi connectivity index (χ0n) is 12.1. The van der Waals surface area contributed by atoms with Gasteiger partial charge in [-0.15, -0.1) is 0 Å². The summed E-state index contributed by atoms with van der Waals surface area (Å²) in [5, 5.41) is 11.3. The smallest absolute Gasteiger partial charge is 0.318 e. The summed E-state index contributed by atoms with van der Waals surface area (Å²) in [6.45, 7) is 1.54. The number of hydrogen-bond donors (Lipinski definition) is 2. The summed E-state index contributed by atoms with van der Waals surface area (Å²) < 4.78 is 18.4. The molecule has 6 nitrogen and oxygen atoms in total. The van der Waals surface area contributed by atoms with Crippen molar-refractivity contribution < 1.29 is 23.8 Å². The molecule has 1 aliphatic heterocycles. The number of carboxylic acids is 1. The molecule has 1 aromatic carbocycles. The number of hydrogen-bond acceptors (Lipinski definition) is 3. The lowest BCUT2D eigenvalue weighted by Gasteiger charge is -2.35. The highest BCUT2D eigenvalue weighted by Gasteiger charge is 2.28. The topological polar surface area (TPSA) is 78.9 Å². The van der Waals surface area contributed by atoms with E-state index in [2.05, 4.69) is 5.32 Å². The molecule has 1 aromatic rings. The lowest BCUT2D eigenvalue weighted by molar-refractivity contribution is -0.137. The summed E-state index contributed by atoms with van der Waals surface area (Å²) >= 11 is 0. The van der Waals surface area contributed by atoms with Crippen LogP contribution in [0.2, 0.25) is 0 Å². The Morgan fingerprint density at radius 3 is 2.77 bits per heavy atom. The van der Waals surface area contributed by atoms with E-state index in [0.29, 0.717) is 32.7 Å². The second-order valence-corrected chi connectivity index (χ2v) is 5.06. The van der Waals surface area contributed by atoms with E-state index >= 15 is 0 Å². The maximum Gasteiger partial charge on any atom is 0.318 e. The summed E-state index contributed by atoms with van der Waals surface area (Å²) in [6, 6.07) is 5.45. The van der Waals surface area contributed by atoms with E-state index in [1.54, 1.807) is 17.0 Å². The predicted octanol–water partition coefficient (Wildman–Crippen LogP) is 1.77. The molecular weight excluding hydrogens is 291 g/mol. The number of carboxylic acid groups (broad SMARTS) is 1. The molecule has 1 fully saturated rings. The van der Waals surface area contributed by atoms with Gasteiger partial charge in [-0.05, 0) is 24.1 Å². The van der Waals surface area contributed by atoms with Gasteiger partial charge in [0.05, 0.1) is 19.3 Å². The molecule has 0 aromatic heterocycles. The van der Waals surface area contributed by atoms with E-state index in [1.165, 1.54) is 12.1 Å². The number of aliphatic carboxylic acids is 1. The highest BCUT2D eigenvalue weighted by molar-refractivity contribution is 5.75. The van der Waals surface area contributed by atoms with Gasteiger partial charge in [-0.25, -0.2) is 9.18 Å². The number of halogens is 1. The van der Waals surface area contributed by atoms with Crippen LogP contribution in [0, 0.1) is 5.82 Å². The van der Waals surface area contributed by atoms with Gasteiger partial charge in [0, 0.05) is 19.5 Å². The van der Waals surface area contributed by atoms with Crippen molar-refractivity contribution in [3.63, 3.8) is 0 Å².